The molecule has 1 aromatic heterocycles. The Kier molecular flexibility index (Phi) is 3.76. The third-order valence-corrected chi connectivity index (χ3v) is 5.90. The number of carbonyl (C=O) groups is 1. The Bertz CT molecular complexity index is 731. The van der Waals surface area contributed by atoms with Crippen LogP contribution in [0.5, 0.6) is 0 Å². The van der Waals surface area contributed by atoms with E-state index in [1.54, 1.807) is 0 Å². The lowest BCUT2D eigenvalue weighted by Crippen LogP contribution is -2.26. The Morgan fingerprint density at radius 3 is 2.91 bits per heavy atom. The number of halogens is 1. The molecule has 4 heteroatoms. The lowest BCUT2D eigenvalue weighted by Gasteiger charge is -2.33. The van der Waals surface area contributed by atoms with Gasteiger partial charge in [0.15, 0.2) is 0 Å². The van der Waals surface area contributed by atoms with Crippen LogP contribution in [-0.4, -0.2) is 15.8 Å². The molecular formula is C19H21ClN2O. The van der Waals surface area contributed by atoms with Gasteiger partial charge in [-0.1, -0.05) is 36.9 Å². The molecule has 1 atom stereocenters. The van der Waals surface area contributed by atoms with Crippen LogP contribution in [-0.2, 0) is 4.79 Å². The quantitative estimate of drug-likeness (QED) is 0.737. The van der Waals surface area contributed by atoms with Crippen LogP contribution >= 0.6 is 11.6 Å². The smallest absolute Gasteiger partial charge is 0.126 e. The second-order valence-corrected chi connectivity index (χ2v) is 7.45. The summed E-state index contributed by atoms with van der Waals surface area (Å²) in [7, 11) is 0. The van der Waals surface area contributed by atoms with Crippen LogP contribution < -0.4 is 0 Å². The first-order valence-electron chi connectivity index (χ1n) is 8.50. The molecule has 23 heavy (non-hydrogen) atoms. The summed E-state index contributed by atoms with van der Waals surface area (Å²) in [6.45, 7) is 0. The van der Waals surface area contributed by atoms with Gasteiger partial charge >= 0.3 is 0 Å². The van der Waals surface area contributed by atoms with E-state index < -0.39 is 0 Å². The van der Waals surface area contributed by atoms with E-state index in [1.807, 2.05) is 24.7 Å². The summed E-state index contributed by atoms with van der Waals surface area (Å²) in [4.78, 5) is 16.0. The zero-order valence-corrected chi connectivity index (χ0v) is 13.9. The van der Waals surface area contributed by atoms with Crippen molar-refractivity contribution in [3.63, 3.8) is 0 Å². The predicted octanol–water partition coefficient (Wildman–Crippen LogP) is 5.04. The standard InChI is InChI=1S/C19H21ClN2O/c20-14-4-5-15-16(10-14)18-11-21-13-22(18)17(15)6-9-19(12-23)7-2-1-3-8-19/h4-5,10-13,17H,1-3,6-9H2. The fraction of sp³-hybridized carbons (Fsp3) is 0.474. The van der Waals surface area contributed by atoms with Crippen LogP contribution in [0.1, 0.15) is 56.6 Å². The average molecular weight is 329 g/mol. The number of imidazole rings is 1. The van der Waals surface area contributed by atoms with Crippen molar-refractivity contribution in [1.29, 1.82) is 0 Å². The number of carbonyl (C=O) groups excluding carboxylic acids is 1. The van der Waals surface area contributed by atoms with Gasteiger partial charge in [-0.15, -0.1) is 0 Å². The molecule has 0 radical (unpaired) electrons. The lowest BCUT2D eigenvalue weighted by atomic mass is 9.71. The van der Waals surface area contributed by atoms with Crippen molar-refractivity contribution in [1.82, 2.24) is 9.55 Å². The van der Waals surface area contributed by atoms with Gasteiger partial charge in [-0.05, 0) is 43.4 Å². The molecule has 0 amide bonds. The van der Waals surface area contributed by atoms with E-state index in [9.17, 15) is 4.79 Å². The predicted molar refractivity (Wildman–Crippen MR) is 91.6 cm³/mol. The summed E-state index contributed by atoms with van der Waals surface area (Å²) in [5.74, 6) is 0. The van der Waals surface area contributed by atoms with Gasteiger partial charge in [0.25, 0.3) is 0 Å². The Balaban J connectivity index is 1.61. The average Bonchev–Trinajstić information content (AvgIpc) is 3.15. The summed E-state index contributed by atoms with van der Waals surface area (Å²) in [6.07, 6.45) is 12.7. The van der Waals surface area contributed by atoms with E-state index in [4.69, 9.17) is 11.6 Å². The molecule has 0 N–H and O–H groups in total. The number of hydrogen-bond acceptors (Lipinski definition) is 2. The van der Waals surface area contributed by atoms with Gasteiger partial charge in [0.2, 0.25) is 0 Å². The van der Waals surface area contributed by atoms with E-state index in [1.165, 1.54) is 36.7 Å². The van der Waals surface area contributed by atoms with E-state index in [0.717, 1.165) is 36.4 Å². The molecule has 4 rings (SSSR count). The molecule has 0 saturated heterocycles. The second-order valence-electron chi connectivity index (χ2n) is 7.01. The summed E-state index contributed by atoms with van der Waals surface area (Å²) < 4.78 is 2.24. The van der Waals surface area contributed by atoms with E-state index in [2.05, 4.69) is 15.6 Å². The summed E-state index contributed by atoms with van der Waals surface area (Å²) >= 11 is 6.17. The summed E-state index contributed by atoms with van der Waals surface area (Å²) in [5, 5.41) is 0.758. The molecule has 1 aromatic carbocycles. The van der Waals surface area contributed by atoms with E-state index in [-0.39, 0.29) is 11.5 Å². The monoisotopic (exact) mass is 328 g/mol. The Labute approximate surface area is 141 Å². The normalized spacial score (nSPS) is 21.7. The highest BCUT2D eigenvalue weighted by atomic mass is 35.5. The number of nitrogens with zero attached hydrogens (tertiary/aromatic N) is 2. The van der Waals surface area contributed by atoms with Crippen molar-refractivity contribution in [2.75, 3.05) is 0 Å². The van der Waals surface area contributed by atoms with Crippen LogP contribution in [0.2, 0.25) is 5.02 Å². The molecule has 1 unspecified atom stereocenters. The molecule has 2 aliphatic rings. The molecule has 2 aromatic rings. The largest absolute Gasteiger partial charge is 0.323 e. The first kappa shape index (κ1) is 14.9. The maximum absolute atomic E-state index is 11.7. The second kappa shape index (κ2) is 5.79. The number of hydrogen-bond donors (Lipinski definition) is 0. The summed E-state index contributed by atoms with van der Waals surface area (Å²) in [6, 6.07) is 6.40. The van der Waals surface area contributed by atoms with Crippen molar-refractivity contribution in [2.24, 2.45) is 5.41 Å². The highest BCUT2D eigenvalue weighted by Gasteiger charge is 2.35. The number of aldehydes is 1. The number of aromatic nitrogens is 2. The van der Waals surface area contributed by atoms with Crippen molar-refractivity contribution >= 4 is 17.9 Å². The zero-order valence-electron chi connectivity index (χ0n) is 13.2. The van der Waals surface area contributed by atoms with Crippen molar-refractivity contribution < 1.29 is 4.79 Å². The van der Waals surface area contributed by atoms with Crippen LogP contribution in [0.3, 0.4) is 0 Å². The number of rotatable bonds is 4. The van der Waals surface area contributed by atoms with E-state index >= 15 is 0 Å². The SMILES string of the molecule is O=CC1(CCC2c3ccc(Cl)cc3-c3cncn32)CCCCC1. The number of fused-ring (bicyclic) bond motifs is 3. The van der Waals surface area contributed by atoms with Gasteiger partial charge in [-0.2, -0.15) is 0 Å². The molecule has 0 spiro atoms. The van der Waals surface area contributed by atoms with Crippen molar-refractivity contribution in [3.8, 4) is 11.3 Å². The molecule has 120 valence electrons. The number of benzene rings is 1. The third kappa shape index (κ3) is 2.51. The minimum Gasteiger partial charge on any atom is -0.323 e. The minimum absolute atomic E-state index is 0.103. The molecule has 1 aliphatic carbocycles. The highest BCUT2D eigenvalue weighted by molar-refractivity contribution is 6.30. The fourth-order valence-corrected chi connectivity index (χ4v) is 4.53. The van der Waals surface area contributed by atoms with Crippen molar-refractivity contribution in [2.45, 2.75) is 51.0 Å². The first-order valence-corrected chi connectivity index (χ1v) is 8.88. The molecular weight excluding hydrogens is 308 g/mol. The van der Waals surface area contributed by atoms with Crippen LogP contribution in [0.4, 0.5) is 0 Å². The molecule has 3 nitrogen and oxygen atoms in total. The molecule has 2 heterocycles. The van der Waals surface area contributed by atoms with Crippen molar-refractivity contribution in [3.05, 3.63) is 41.3 Å². The molecule has 1 saturated carbocycles. The van der Waals surface area contributed by atoms with E-state index in [0.29, 0.717) is 0 Å². The van der Waals surface area contributed by atoms with Gasteiger partial charge in [0.1, 0.15) is 6.29 Å². The van der Waals surface area contributed by atoms with Gasteiger partial charge in [0, 0.05) is 16.0 Å². The molecule has 0 bridgehead atoms. The zero-order chi connectivity index (χ0) is 15.9. The summed E-state index contributed by atoms with van der Waals surface area (Å²) in [5.41, 5.74) is 3.53. The van der Waals surface area contributed by atoms with Gasteiger partial charge < -0.3 is 9.36 Å². The van der Waals surface area contributed by atoms with Gasteiger partial charge in [0.05, 0.1) is 24.3 Å². The van der Waals surface area contributed by atoms with Crippen LogP contribution in [0, 0.1) is 5.41 Å². The Morgan fingerprint density at radius 2 is 2.13 bits per heavy atom. The lowest BCUT2D eigenvalue weighted by molar-refractivity contribution is -0.118. The maximum Gasteiger partial charge on any atom is 0.126 e. The molecule has 1 aliphatic heterocycles. The topological polar surface area (TPSA) is 34.9 Å². The first-order chi connectivity index (χ1) is 11.2. The molecule has 1 fully saturated rings. The van der Waals surface area contributed by atoms with Crippen LogP contribution in [0.25, 0.3) is 11.3 Å². The fourth-order valence-electron chi connectivity index (χ4n) is 4.35. The van der Waals surface area contributed by atoms with Crippen LogP contribution in [0.15, 0.2) is 30.7 Å². The Hall–Kier alpha value is -1.61. The Morgan fingerprint density at radius 1 is 1.30 bits per heavy atom. The van der Waals surface area contributed by atoms with Gasteiger partial charge in [-0.3, -0.25) is 0 Å². The maximum atomic E-state index is 11.7. The van der Waals surface area contributed by atoms with Gasteiger partial charge in [-0.25, -0.2) is 4.98 Å². The highest BCUT2D eigenvalue weighted by Crippen LogP contribution is 2.46. The minimum atomic E-state index is -0.103. The third-order valence-electron chi connectivity index (χ3n) is 5.67.